The fourth-order valence-corrected chi connectivity index (χ4v) is 2.22. The van der Waals surface area contributed by atoms with Crippen molar-refractivity contribution in [2.75, 3.05) is 0 Å². The van der Waals surface area contributed by atoms with E-state index in [1.165, 1.54) is 0 Å². The Kier molecular flexibility index (Phi) is 4.39. The van der Waals surface area contributed by atoms with Crippen molar-refractivity contribution in [3.8, 4) is 0 Å². The van der Waals surface area contributed by atoms with Gasteiger partial charge in [-0.25, -0.2) is 4.98 Å². The van der Waals surface area contributed by atoms with E-state index in [4.69, 9.17) is 0 Å². The lowest BCUT2D eigenvalue weighted by Crippen LogP contribution is -2.21. The average Bonchev–Trinajstić information content (AvgIpc) is 2.49. The summed E-state index contributed by atoms with van der Waals surface area (Å²) in [7, 11) is 0. The number of hydrogen-bond donors (Lipinski definition) is 0. The van der Waals surface area contributed by atoms with E-state index in [1.54, 1.807) is 18.6 Å². The van der Waals surface area contributed by atoms with Crippen molar-refractivity contribution >= 4 is 5.78 Å². The molecule has 0 N–H and O–H groups in total. The third kappa shape index (κ3) is 3.05. The maximum atomic E-state index is 12.6. The first-order valence-corrected chi connectivity index (χ1v) is 6.59. The van der Waals surface area contributed by atoms with Crippen LogP contribution in [0.2, 0.25) is 0 Å². The fourth-order valence-electron chi connectivity index (χ4n) is 2.22. The molecule has 0 saturated carbocycles. The lowest BCUT2D eigenvalue weighted by Gasteiger charge is -2.21. The minimum atomic E-state index is -0.150. The van der Waals surface area contributed by atoms with Gasteiger partial charge in [0, 0.05) is 12.4 Å². The van der Waals surface area contributed by atoms with Gasteiger partial charge in [0.2, 0.25) is 0 Å². The summed E-state index contributed by atoms with van der Waals surface area (Å²) in [6, 6.07) is 9.91. The van der Waals surface area contributed by atoms with Crippen LogP contribution in [0.15, 0.2) is 48.9 Å². The highest BCUT2D eigenvalue weighted by Crippen LogP contribution is 2.29. The van der Waals surface area contributed by atoms with Gasteiger partial charge in [-0.2, -0.15) is 0 Å². The molecule has 0 aliphatic carbocycles. The van der Waals surface area contributed by atoms with Gasteiger partial charge < -0.3 is 0 Å². The second-order valence-electron chi connectivity index (χ2n) is 4.73. The van der Waals surface area contributed by atoms with Crippen LogP contribution >= 0.6 is 0 Å². The molecule has 2 unspecified atom stereocenters. The Morgan fingerprint density at radius 3 is 2.53 bits per heavy atom. The molecule has 1 aromatic heterocycles. The van der Waals surface area contributed by atoms with E-state index in [2.05, 4.69) is 23.8 Å². The Morgan fingerprint density at radius 1 is 1.21 bits per heavy atom. The highest BCUT2D eigenvalue weighted by atomic mass is 16.1. The smallest absolute Gasteiger partial charge is 0.190 e. The largest absolute Gasteiger partial charge is 0.292 e. The first-order chi connectivity index (χ1) is 9.24. The quantitative estimate of drug-likeness (QED) is 0.767. The highest BCUT2D eigenvalue weighted by Gasteiger charge is 2.27. The third-order valence-corrected chi connectivity index (χ3v) is 3.47. The van der Waals surface area contributed by atoms with E-state index in [1.807, 2.05) is 30.3 Å². The highest BCUT2D eigenvalue weighted by molar-refractivity contribution is 5.99. The molecule has 0 aliphatic rings. The molecule has 0 bridgehead atoms. The normalized spacial score (nSPS) is 13.8. The number of carbonyl (C=O) groups is 1. The minimum absolute atomic E-state index is 0.0497. The molecule has 1 heterocycles. The van der Waals surface area contributed by atoms with Crippen LogP contribution in [-0.4, -0.2) is 15.8 Å². The van der Waals surface area contributed by atoms with Gasteiger partial charge in [-0.1, -0.05) is 50.6 Å². The minimum Gasteiger partial charge on any atom is -0.292 e. The summed E-state index contributed by atoms with van der Waals surface area (Å²) in [5.41, 5.74) is 1.49. The van der Waals surface area contributed by atoms with E-state index in [9.17, 15) is 4.79 Å². The lowest BCUT2D eigenvalue weighted by atomic mass is 9.81. The van der Waals surface area contributed by atoms with Crippen LogP contribution in [0.5, 0.6) is 0 Å². The van der Waals surface area contributed by atoms with Gasteiger partial charge in [0.1, 0.15) is 5.69 Å². The molecule has 98 valence electrons. The summed E-state index contributed by atoms with van der Waals surface area (Å²) in [4.78, 5) is 20.8. The van der Waals surface area contributed by atoms with E-state index in [0.717, 1.165) is 12.0 Å². The molecule has 0 radical (unpaired) electrons. The summed E-state index contributed by atoms with van der Waals surface area (Å²) in [6.45, 7) is 4.20. The predicted molar refractivity (Wildman–Crippen MR) is 75.0 cm³/mol. The first kappa shape index (κ1) is 13.4. The topological polar surface area (TPSA) is 42.9 Å². The molecule has 3 nitrogen and oxygen atoms in total. The van der Waals surface area contributed by atoms with Crippen molar-refractivity contribution < 1.29 is 4.79 Å². The maximum absolute atomic E-state index is 12.6. The summed E-state index contributed by atoms with van der Waals surface area (Å²) in [5.74, 6) is 0.174. The SMILES string of the molecule is CCC(C)C(C(=O)c1cnccn1)c1ccccc1. The molecule has 2 aromatic rings. The van der Waals surface area contributed by atoms with Crippen LogP contribution in [0.1, 0.15) is 42.2 Å². The van der Waals surface area contributed by atoms with E-state index in [0.29, 0.717) is 5.69 Å². The van der Waals surface area contributed by atoms with Gasteiger partial charge in [0.15, 0.2) is 5.78 Å². The fraction of sp³-hybridized carbons (Fsp3) is 0.312. The summed E-state index contributed by atoms with van der Waals surface area (Å²) in [5, 5.41) is 0. The number of carbonyl (C=O) groups excluding carboxylic acids is 1. The van der Waals surface area contributed by atoms with Gasteiger partial charge in [-0.3, -0.25) is 9.78 Å². The lowest BCUT2D eigenvalue weighted by molar-refractivity contribution is 0.0926. The molecule has 19 heavy (non-hydrogen) atoms. The molecule has 0 aliphatic heterocycles. The first-order valence-electron chi connectivity index (χ1n) is 6.59. The Bertz CT molecular complexity index is 525. The van der Waals surface area contributed by atoms with E-state index < -0.39 is 0 Å². The predicted octanol–water partition coefficient (Wildman–Crippen LogP) is 3.49. The molecule has 3 heteroatoms. The summed E-state index contributed by atoms with van der Waals surface area (Å²) < 4.78 is 0. The number of Topliss-reactive ketones (excluding diaryl/α,β-unsaturated/α-hetero) is 1. The molecule has 2 rings (SSSR count). The second-order valence-corrected chi connectivity index (χ2v) is 4.73. The van der Waals surface area contributed by atoms with E-state index in [-0.39, 0.29) is 17.6 Å². The standard InChI is InChI=1S/C16H18N2O/c1-3-12(2)15(13-7-5-4-6-8-13)16(19)14-11-17-9-10-18-14/h4-12,15H,3H2,1-2H3. The Balaban J connectivity index is 2.37. The Labute approximate surface area is 113 Å². The van der Waals surface area contributed by atoms with Gasteiger partial charge in [0.25, 0.3) is 0 Å². The zero-order valence-electron chi connectivity index (χ0n) is 11.3. The van der Waals surface area contributed by atoms with Crippen molar-refractivity contribution in [3.63, 3.8) is 0 Å². The maximum Gasteiger partial charge on any atom is 0.190 e. The second kappa shape index (κ2) is 6.23. The van der Waals surface area contributed by atoms with Crippen LogP contribution in [0.4, 0.5) is 0 Å². The van der Waals surface area contributed by atoms with Gasteiger partial charge in [0.05, 0.1) is 12.1 Å². The third-order valence-electron chi connectivity index (χ3n) is 3.47. The van der Waals surface area contributed by atoms with Crippen LogP contribution < -0.4 is 0 Å². The molecule has 0 spiro atoms. The molecule has 2 atom stereocenters. The number of hydrogen-bond acceptors (Lipinski definition) is 3. The number of nitrogens with zero attached hydrogens (tertiary/aromatic N) is 2. The van der Waals surface area contributed by atoms with Crippen LogP contribution in [0, 0.1) is 5.92 Å². The average molecular weight is 254 g/mol. The summed E-state index contributed by atoms with van der Waals surface area (Å²) >= 11 is 0. The Morgan fingerprint density at radius 2 is 1.95 bits per heavy atom. The van der Waals surface area contributed by atoms with Crippen molar-refractivity contribution in [3.05, 3.63) is 60.2 Å². The zero-order valence-corrected chi connectivity index (χ0v) is 11.3. The van der Waals surface area contributed by atoms with Crippen LogP contribution in [0.3, 0.4) is 0 Å². The van der Waals surface area contributed by atoms with Crippen molar-refractivity contribution in [1.29, 1.82) is 0 Å². The van der Waals surface area contributed by atoms with E-state index >= 15 is 0 Å². The van der Waals surface area contributed by atoms with Gasteiger partial charge >= 0.3 is 0 Å². The van der Waals surface area contributed by atoms with Crippen LogP contribution in [0.25, 0.3) is 0 Å². The molecule has 0 amide bonds. The zero-order chi connectivity index (χ0) is 13.7. The summed E-state index contributed by atoms with van der Waals surface area (Å²) in [6.07, 6.45) is 5.63. The Hall–Kier alpha value is -2.03. The number of benzene rings is 1. The monoisotopic (exact) mass is 254 g/mol. The molecule has 0 saturated heterocycles. The number of aromatic nitrogens is 2. The molecule has 1 aromatic carbocycles. The molecular weight excluding hydrogens is 236 g/mol. The number of ketones is 1. The van der Waals surface area contributed by atoms with Gasteiger partial charge in [-0.05, 0) is 11.5 Å². The van der Waals surface area contributed by atoms with Crippen molar-refractivity contribution in [2.24, 2.45) is 5.92 Å². The van der Waals surface area contributed by atoms with Crippen molar-refractivity contribution in [2.45, 2.75) is 26.2 Å². The van der Waals surface area contributed by atoms with Crippen LogP contribution in [-0.2, 0) is 0 Å². The molecular formula is C16H18N2O. The molecule has 0 fully saturated rings. The van der Waals surface area contributed by atoms with Crippen molar-refractivity contribution in [1.82, 2.24) is 9.97 Å². The van der Waals surface area contributed by atoms with Gasteiger partial charge in [-0.15, -0.1) is 0 Å². The number of rotatable bonds is 5.